The van der Waals surface area contributed by atoms with E-state index < -0.39 is 0 Å². The Hall–Kier alpha value is -3.68. The molecule has 0 radical (unpaired) electrons. The van der Waals surface area contributed by atoms with E-state index in [9.17, 15) is 4.79 Å². The van der Waals surface area contributed by atoms with Crippen LogP contribution in [0.4, 0.5) is 0 Å². The third kappa shape index (κ3) is 5.91. The highest BCUT2D eigenvalue weighted by atomic mass is 16.1. The van der Waals surface area contributed by atoms with Gasteiger partial charge in [0.15, 0.2) is 5.96 Å². The predicted octanol–water partition coefficient (Wildman–Crippen LogP) is 1.92. The van der Waals surface area contributed by atoms with Crippen LogP contribution in [0.5, 0.6) is 0 Å². The molecule has 156 valence electrons. The molecule has 3 aromatic rings. The second-order valence-electron chi connectivity index (χ2n) is 6.66. The molecule has 0 fully saturated rings. The number of carbonyl (C=O) groups excluding carboxylic acids is 1. The first-order chi connectivity index (χ1) is 14.7. The Morgan fingerprint density at radius 3 is 2.63 bits per heavy atom. The second kappa shape index (κ2) is 10.8. The number of amides is 1. The summed E-state index contributed by atoms with van der Waals surface area (Å²) >= 11 is 0. The Morgan fingerprint density at radius 2 is 1.93 bits per heavy atom. The molecule has 2 aromatic carbocycles. The SMILES string of the molecule is CCNC(=NCc1ccc(-n2cncn2)cc1)NCCc1cccc(C(=O)NC)c1. The maximum Gasteiger partial charge on any atom is 0.251 e. The molecule has 0 unspecified atom stereocenters. The Kier molecular flexibility index (Phi) is 7.54. The van der Waals surface area contributed by atoms with Crippen LogP contribution in [0.15, 0.2) is 66.2 Å². The first-order valence-corrected chi connectivity index (χ1v) is 9.96. The molecule has 3 N–H and O–H groups in total. The van der Waals surface area contributed by atoms with Crippen molar-refractivity contribution in [2.75, 3.05) is 20.1 Å². The van der Waals surface area contributed by atoms with Crippen LogP contribution in [0, 0.1) is 0 Å². The summed E-state index contributed by atoms with van der Waals surface area (Å²) in [5, 5.41) is 13.4. The minimum absolute atomic E-state index is 0.0745. The summed E-state index contributed by atoms with van der Waals surface area (Å²) in [6.45, 7) is 4.10. The van der Waals surface area contributed by atoms with Gasteiger partial charge in [-0.15, -0.1) is 0 Å². The van der Waals surface area contributed by atoms with Gasteiger partial charge in [0.1, 0.15) is 12.7 Å². The molecule has 0 saturated heterocycles. The van der Waals surface area contributed by atoms with Gasteiger partial charge in [0.25, 0.3) is 5.91 Å². The fourth-order valence-electron chi connectivity index (χ4n) is 2.95. The van der Waals surface area contributed by atoms with Gasteiger partial charge in [0, 0.05) is 25.7 Å². The zero-order chi connectivity index (χ0) is 21.2. The lowest BCUT2D eigenvalue weighted by Crippen LogP contribution is -2.38. The molecule has 0 bridgehead atoms. The lowest BCUT2D eigenvalue weighted by atomic mass is 10.1. The van der Waals surface area contributed by atoms with Gasteiger partial charge in [-0.3, -0.25) is 4.79 Å². The van der Waals surface area contributed by atoms with Gasteiger partial charge in [-0.2, -0.15) is 5.10 Å². The minimum atomic E-state index is -0.0745. The van der Waals surface area contributed by atoms with Crippen molar-refractivity contribution < 1.29 is 4.79 Å². The Labute approximate surface area is 176 Å². The summed E-state index contributed by atoms with van der Waals surface area (Å²) in [7, 11) is 1.64. The van der Waals surface area contributed by atoms with Gasteiger partial charge in [-0.05, 0) is 48.7 Å². The Balaban J connectivity index is 1.55. The molecule has 0 saturated carbocycles. The van der Waals surface area contributed by atoms with Crippen LogP contribution in [0.2, 0.25) is 0 Å². The average molecular weight is 406 g/mol. The lowest BCUT2D eigenvalue weighted by molar-refractivity contribution is 0.0963. The molecule has 0 aliphatic carbocycles. The van der Waals surface area contributed by atoms with Crippen molar-refractivity contribution in [3.8, 4) is 5.69 Å². The van der Waals surface area contributed by atoms with E-state index in [0.717, 1.165) is 35.7 Å². The Bertz CT molecular complexity index is 965. The zero-order valence-electron chi connectivity index (χ0n) is 17.3. The van der Waals surface area contributed by atoms with E-state index in [1.807, 2.05) is 55.5 Å². The molecule has 1 aromatic heterocycles. The van der Waals surface area contributed by atoms with Gasteiger partial charge in [0.2, 0.25) is 0 Å². The number of hydrogen-bond donors (Lipinski definition) is 3. The molecule has 0 atom stereocenters. The van der Waals surface area contributed by atoms with Gasteiger partial charge in [-0.25, -0.2) is 14.7 Å². The number of benzene rings is 2. The largest absolute Gasteiger partial charge is 0.357 e. The van der Waals surface area contributed by atoms with E-state index in [2.05, 4.69) is 31.0 Å². The van der Waals surface area contributed by atoms with Crippen LogP contribution in [0.1, 0.15) is 28.4 Å². The highest BCUT2D eigenvalue weighted by Gasteiger charge is 2.04. The van der Waals surface area contributed by atoms with Crippen LogP contribution in [-0.2, 0) is 13.0 Å². The van der Waals surface area contributed by atoms with E-state index in [-0.39, 0.29) is 5.91 Å². The van der Waals surface area contributed by atoms with Crippen molar-refractivity contribution in [2.24, 2.45) is 4.99 Å². The van der Waals surface area contributed by atoms with Gasteiger partial charge < -0.3 is 16.0 Å². The number of nitrogens with zero attached hydrogens (tertiary/aromatic N) is 4. The van der Waals surface area contributed by atoms with Crippen molar-refractivity contribution >= 4 is 11.9 Å². The van der Waals surface area contributed by atoms with Crippen molar-refractivity contribution in [1.82, 2.24) is 30.7 Å². The monoisotopic (exact) mass is 405 g/mol. The maximum atomic E-state index is 11.8. The van der Waals surface area contributed by atoms with E-state index >= 15 is 0 Å². The quantitative estimate of drug-likeness (QED) is 0.393. The molecule has 8 heteroatoms. The number of aromatic nitrogens is 3. The van der Waals surface area contributed by atoms with E-state index in [1.54, 1.807) is 18.1 Å². The highest BCUT2D eigenvalue weighted by molar-refractivity contribution is 5.94. The Morgan fingerprint density at radius 1 is 1.10 bits per heavy atom. The molecular weight excluding hydrogens is 378 g/mol. The first kappa shape index (κ1) is 21.0. The molecule has 3 rings (SSSR count). The average Bonchev–Trinajstić information content (AvgIpc) is 3.32. The number of carbonyl (C=O) groups is 1. The van der Waals surface area contributed by atoms with Gasteiger partial charge in [0.05, 0.1) is 12.2 Å². The standard InChI is InChI=1S/C22H27N7O/c1-3-25-22(26-12-11-17-5-4-6-19(13-17)21(30)23-2)27-14-18-7-9-20(10-8-18)29-16-24-15-28-29/h4-10,13,15-16H,3,11-12,14H2,1-2H3,(H,23,30)(H2,25,26,27). The zero-order valence-corrected chi connectivity index (χ0v) is 17.3. The normalized spacial score (nSPS) is 11.2. The topological polar surface area (TPSA) is 96.2 Å². The smallest absolute Gasteiger partial charge is 0.251 e. The van der Waals surface area contributed by atoms with Crippen molar-refractivity contribution in [3.05, 3.63) is 77.9 Å². The third-order valence-corrected chi connectivity index (χ3v) is 4.51. The van der Waals surface area contributed by atoms with Crippen LogP contribution in [0.25, 0.3) is 5.69 Å². The highest BCUT2D eigenvalue weighted by Crippen LogP contribution is 2.09. The van der Waals surface area contributed by atoms with Crippen molar-refractivity contribution in [2.45, 2.75) is 19.9 Å². The van der Waals surface area contributed by atoms with E-state index in [1.165, 1.54) is 6.33 Å². The molecule has 8 nitrogen and oxygen atoms in total. The molecule has 0 spiro atoms. The number of rotatable bonds is 8. The summed E-state index contributed by atoms with van der Waals surface area (Å²) in [5.41, 5.74) is 3.84. The van der Waals surface area contributed by atoms with Crippen LogP contribution >= 0.6 is 0 Å². The number of aliphatic imine (C=N–C) groups is 1. The molecule has 30 heavy (non-hydrogen) atoms. The molecule has 0 aliphatic rings. The molecule has 1 amide bonds. The maximum absolute atomic E-state index is 11.8. The summed E-state index contributed by atoms with van der Waals surface area (Å²) < 4.78 is 1.72. The fraction of sp³-hybridized carbons (Fsp3) is 0.273. The van der Waals surface area contributed by atoms with Crippen LogP contribution < -0.4 is 16.0 Å². The van der Waals surface area contributed by atoms with Crippen molar-refractivity contribution in [1.29, 1.82) is 0 Å². The lowest BCUT2D eigenvalue weighted by Gasteiger charge is -2.12. The van der Waals surface area contributed by atoms with Crippen LogP contribution in [-0.4, -0.2) is 46.8 Å². The first-order valence-electron chi connectivity index (χ1n) is 9.96. The summed E-state index contributed by atoms with van der Waals surface area (Å²) in [6.07, 6.45) is 3.98. The summed E-state index contributed by atoms with van der Waals surface area (Å²) in [5.74, 6) is 0.690. The van der Waals surface area contributed by atoms with Gasteiger partial charge in [-0.1, -0.05) is 24.3 Å². The van der Waals surface area contributed by atoms with E-state index in [4.69, 9.17) is 0 Å². The van der Waals surface area contributed by atoms with Gasteiger partial charge >= 0.3 is 0 Å². The number of nitrogens with one attached hydrogen (secondary N) is 3. The molecular formula is C22H27N7O. The van der Waals surface area contributed by atoms with Crippen molar-refractivity contribution in [3.63, 3.8) is 0 Å². The number of hydrogen-bond acceptors (Lipinski definition) is 4. The second-order valence-corrected chi connectivity index (χ2v) is 6.66. The van der Waals surface area contributed by atoms with E-state index in [0.29, 0.717) is 18.7 Å². The van der Waals surface area contributed by atoms with Crippen LogP contribution in [0.3, 0.4) is 0 Å². The summed E-state index contributed by atoms with van der Waals surface area (Å²) in [4.78, 5) is 20.4. The molecule has 0 aliphatic heterocycles. The summed E-state index contributed by atoms with van der Waals surface area (Å²) in [6, 6.07) is 15.7. The minimum Gasteiger partial charge on any atom is -0.357 e. The predicted molar refractivity (Wildman–Crippen MR) is 118 cm³/mol. The molecule has 1 heterocycles. The third-order valence-electron chi connectivity index (χ3n) is 4.51. The number of guanidine groups is 1. The fourth-order valence-corrected chi connectivity index (χ4v) is 2.95.